The maximum absolute atomic E-state index is 11.5. The molecule has 1 unspecified atom stereocenters. The first-order valence-electron chi connectivity index (χ1n) is 5.24. The number of rotatable bonds is 6. The number of aromatic nitrogens is 2. The molecule has 0 aliphatic rings. The molecule has 6 heteroatoms. The molecule has 0 saturated heterocycles. The van der Waals surface area contributed by atoms with Gasteiger partial charge in [-0.3, -0.25) is 9.48 Å². The Hall–Kier alpha value is -2.11. The molecule has 0 aromatic carbocycles. The van der Waals surface area contributed by atoms with Crippen LogP contribution in [0.15, 0.2) is 30.6 Å². The van der Waals surface area contributed by atoms with Crippen molar-refractivity contribution in [2.24, 2.45) is 0 Å². The van der Waals surface area contributed by atoms with Gasteiger partial charge in [-0.15, -0.1) is 0 Å². The molecule has 1 amide bonds. The summed E-state index contributed by atoms with van der Waals surface area (Å²) in [5, 5.41) is 15.2. The number of aliphatic carboxylic acids is 1. The summed E-state index contributed by atoms with van der Waals surface area (Å²) in [6, 6.07) is 0.802. The third-order valence-electron chi connectivity index (χ3n) is 2.11. The Balaban J connectivity index is 2.49. The first kappa shape index (κ1) is 13.0. The maximum atomic E-state index is 11.5. The Kier molecular flexibility index (Phi) is 4.93. The second-order valence-corrected chi connectivity index (χ2v) is 3.47. The lowest BCUT2D eigenvalue weighted by Gasteiger charge is -2.12. The van der Waals surface area contributed by atoms with Gasteiger partial charge < -0.3 is 10.4 Å². The van der Waals surface area contributed by atoms with Crippen LogP contribution in [0, 0.1) is 0 Å². The van der Waals surface area contributed by atoms with Crippen molar-refractivity contribution in [3.05, 3.63) is 30.6 Å². The molecule has 0 aliphatic heterocycles. The van der Waals surface area contributed by atoms with Crippen molar-refractivity contribution >= 4 is 11.9 Å². The van der Waals surface area contributed by atoms with Crippen molar-refractivity contribution in [1.82, 2.24) is 15.1 Å². The van der Waals surface area contributed by atoms with Gasteiger partial charge in [0.1, 0.15) is 12.6 Å². The molecule has 0 radical (unpaired) electrons. The van der Waals surface area contributed by atoms with Gasteiger partial charge in [-0.05, 0) is 19.4 Å². The topological polar surface area (TPSA) is 84.2 Å². The Labute approximate surface area is 98.9 Å². The van der Waals surface area contributed by atoms with E-state index in [4.69, 9.17) is 5.11 Å². The highest BCUT2D eigenvalue weighted by Crippen LogP contribution is 1.95. The molecule has 0 fully saturated rings. The van der Waals surface area contributed by atoms with E-state index in [1.54, 1.807) is 37.5 Å². The van der Waals surface area contributed by atoms with Crippen LogP contribution in [0.3, 0.4) is 0 Å². The number of nitrogens with zero attached hydrogens (tertiary/aromatic N) is 2. The van der Waals surface area contributed by atoms with Crippen LogP contribution in [-0.4, -0.2) is 32.8 Å². The number of carbonyl (C=O) groups is 2. The van der Waals surface area contributed by atoms with Crippen LogP contribution >= 0.6 is 0 Å². The van der Waals surface area contributed by atoms with Crippen LogP contribution in [0.2, 0.25) is 0 Å². The van der Waals surface area contributed by atoms with Crippen LogP contribution in [0.5, 0.6) is 0 Å². The van der Waals surface area contributed by atoms with Gasteiger partial charge in [0, 0.05) is 12.4 Å². The van der Waals surface area contributed by atoms with Gasteiger partial charge >= 0.3 is 5.97 Å². The molecule has 1 aromatic rings. The standard InChI is InChI=1S/C11H15N3O3/c1-2-3-5-9(11(16)17)13-10(15)8-14-7-4-6-12-14/h2-4,6-7,9H,5,8H2,1H3,(H,13,15)(H,16,17)/b3-2+. The highest BCUT2D eigenvalue weighted by Gasteiger charge is 2.18. The molecule has 1 atom stereocenters. The van der Waals surface area contributed by atoms with E-state index >= 15 is 0 Å². The van der Waals surface area contributed by atoms with Crippen molar-refractivity contribution in [3.8, 4) is 0 Å². The first-order chi connectivity index (χ1) is 8.13. The number of carbonyl (C=O) groups excluding carboxylic acids is 1. The molecule has 0 bridgehead atoms. The van der Waals surface area contributed by atoms with Gasteiger partial charge in [-0.25, -0.2) is 4.79 Å². The van der Waals surface area contributed by atoms with Crippen molar-refractivity contribution < 1.29 is 14.7 Å². The summed E-state index contributed by atoms with van der Waals surface area (Å²) >= 11 is 0. The second kappa shape index (κ2) is 6.47. The fourth-order valence-corrected chi connectivity index (χ4v) is 1.27. The molecule has 92 valence electrons. The van der Waals surface area contributed by atoms with Crippen LogP contribution in [0.1, 0.15) is 13.3 Å². The highest BCUT2D eigenvalue weighted by atomic mass is 16.4. The van der Waals surface area contributed by atoms with E-state index in [0.29, 0.717) is 0 Å². The lowest BCUT2D eigenvalue weighted by atomic mass is 10.2. The molecule has 17 heavy (non-hydrogen) atoms. The van der Waals surface area contributed by atoms with Crippen molar-refractivity contribution in [2.45, 2.75) is 25.9 Å². The van der Waals surface area contributed by atoms with Gasteiger partial charge in [0.05, 0.1) is 0 Å². The molecule has 0 saturated carbocycles. The minimum absolute atomic E-state index is 0.0205. The highest BCUT2D eigenvalue weighted by molar-refractivity contribution is 5.83. The van der Waals surface area contributed by atoms with Crippen LogP contribution in [0.25, 0.3) is 0 Å². The summed E-state index contributed by atoms with van der Waals surface area (Å²) in [5.74, 6) is -1.41. The summed E-state index contributed by atoms with van der Waals surface area (Å²) in [6.45, 7) is 1.82. The van der Waals surface area contributed by atoms with Gasteiger partial charge in [-0.2, -0.15) is 5.10 Å². The van der Waals surface area contributed by atoms with Gasteiger partial charge in [0.25, 0.3) is 0 Å². The normalized spacial score (nSPS) is 12.5. The average molecular weight is 237 g/mol. The van der Waals surface area contributed by atoms with E-state index in [9.17, 15) is 9.59 Å². The smallest absolute Gasteiger partial charge is 0.326 e. The number of nitrogens with one attached hydrogen (secondary N) is 1. The van der Waals surface area contributed by atoms with Crippen molar-refractivity contribution in [3.63, 3.8) is 0 Å². The van der Waals surface area contributed by atoms with Crippen molar-refractivity contribution in [1.29, 1.82) is 0 Å². The predicted molar refractivity (Wildman–Crippen MR) is 61.2 cm³/mol. The number of carboxylic acids is 1. The number of amides is 1. The van der Waals surface area contributed by atoms with Crippen LogP contribution in [0.4, 0.5) is 0 Å². The molecule has 2 N–H and O–H groups in total. The van der Waals surface area contributed by atoms with E-state index in [1.807, 2.05) is 0 Å². The SMILES string of the molecule is C/C=C/CC(NC(=O)Cn1cccn1)C(=O)O. The Morgan fingerprint density at radius 3 is 2.88 bits per heavy atom. The zero-order chi connectivity index (χ0) is 12.7. The Bertz CT molecular complexity index is 398. The fourth-order valence-electron chi connectivity index (χ4n) is 1.27. The summed E-state index contributed by atoms with van der Waals surface area (Å²) in [5.41, 5.74) is 0. The lowest BCUT2D eigenvalue weighted by Crippen LogP contribution is -2.42. The fraction of sp³-hybridized carbons (Fsp3) is 0.364. The monoisotopic (exact) mass is 237 g/mol. The average Bonchev–Trinajstić information content (AvgIpc) is 2.76. The van der Waals surface area contributed by atoms with Gasteiger partial charge in [0.15, 0.2) is 0 Å². The van der Waals surface area contributed by atoms with E-state index in [-0.39, 0.29) is 18.9 Å². The minimum atomic E-state index is -1.04. The molecule has 0 aliphatic carbocycles. The van der Waals surface area contributed by atoms with E-state index in [2.05, 4.69) is 10.4 Å². The Morgan fingerprint density at radius 2 is 2.35 bits per heavy atom. The molecule has 0 spiro atoms. The summed E-state index contributed by atoms with van der Waals surface area (Å²) in [4.78, 5) is 22.4. The summed E-state index contributed by atoms with van der Waals surface area (Å²) in [6.07, 6.45) is 6.92. The zero-order valence-corrected chi connectivity index (χ0v) is 9.54. The van der Waals surface area contributed by atoms with Gasteiger partial charge in [-0.1, -0.05) is 12.2 Å². The largest absolute Gasteiger partial charge is 0.480 e. The third-order valence-corrected chi connectivity index (χ3v) is 2.11. The number of allylic oxidation sites excluding steroid dienone is 1. The third kappa shape index (κ3) is 4.50. The van der Waals surface area contributed by atoms with Crippen molar-refractivity contribution in [2.75, 3.05) is 0 Å². The predicted octanol–water partition coefficient (Wildman–Crippen LogP) is 0.419. The molecular weight excluding hydrogens is 222 g/mol. The number of hydrogen-bond acceptors (Lipinski definition) is 3. The Morgan fingerprint density at radius 1 is 1.59 bits per heavy atom. The zero-order valence-electron chi connectivity index (χ0n) is 9.54. The molecular formula is C11H15N3O3. The number of hydrogen-bond donors (Lipinski definition) is 2. The maximum Gasteiger partial charge on any atom is 0.326 e. The first-order valence-corrected chi connectivity index (χ1v) is 5.24. The number of carboxylic acid groups (broad SMARTS) is 1. The minimum Gasteiger partial charge on any atom is -0.480 e. The summed E-state index contributed by atoms with van der Waals surface area (Å²) < 4.78 is 1.43. The lowest BCUT2D eigenvalue weighted by molar-refractivity contribution is -0.141. The molecule has 1 aromatic heterocycles. The van der Waals surface area contributed by atoms with Crippen LogP contribution in [-0.2, 0) is 16.1 Å². The second-order valence-electron chi connectivity index (χ2n) is 3.47. The molecule has 1 rings (SSSR count). The van der Waals surface area contributed by atoms with Crippen LogP contribution < -0.4 is 5.32 Å². The quantitative estimate of drug-likeness (QED) is 0.702. The summed E-state index contributed by atoms with van der Waals surface area (Å²) in [7, 11) is 0. The van der Waals surface area contributed by atoms with Gasteiger partial charge in [0.2, 0.25) is 5.91 Å². The molecule has 1 heterocycles. The van der Waals surface area contributed by atoms with E-state index in [0.717, 1.165) is 0 Å². The molecule has 6 nitrogen and oxygen atoms in total. The van der Waals surface area contributed by atoms with E-state index < -0.39 is 12.0 Å². The van der Waals surface area contributed by atoms with E-state index in [1.165, 1.54) is 4.68 Å².